The second-order valence-electron chi connectivity index (χ2n) is 3.74. The fourth-order valence-corrected chi connectivity index (χ4v) is 1.68. The molecule has 3 nitrogen and oxygen atoms in total. The normalized spacial score (nSPS) is 10.1. The summed E-state index contributed by atoms with van der Waals surface area (Å²) in [6, 6.07) is 11.6. The minimum atomic E-state index is -0.0623. The van der Waals surface area contributed by atoms with Crippen molar-refractivity contribution in [3.05, 3.63) is 52.4 Å². The Labute approximate surface area is 94.1 Å². The fourth-order valence-electron chi connectivity index (χ4n) is 1.68. The maximum Gasteiger partial charge on any atom is 0.248 e. The van der Waals surface area contributed by atoms with Gasteiger partial charge < -0.3 is 10.3 Å². The number of aromatic amines is 1. The number of aryl methyl sites for hydroxylation is 1. The van der Waals surface area contributed by atoms with Crippen LogP contribution in [-0.2, 0) is 0 Å². The summed E-state index contributed by atoms with van der Waals surface area (Å²) in [5.41, 5.74) is 3.87. The van der Waals surface area contributed by atoms with Crippen LogP contribution in [0.5, 0.6) is 0 Å². The molecule has 0 aliphatic heterocycles. The lowest BCUT2D eigenvalue weighted by molar-refractivity contribution is 1.14. The molecule has 0 aliphatic rings. The molecule has 82 valence electrons. The van der Waals surface area contributed by atoms with E-state index in [2.05, 4.69) is 10.3 Å². The average Bonchev–Trinajstić information content (AvgIpc) is 2.28. The zero-order chi connectivity index (χ0) is 11.5. The molecule has 0 aliphatic carbocycles. The van der Waals surface area contributed by atoms with Crippen LogP contribution in [0.3, 0.4) is 0 Å². The molecule has 0 spiro atoms. The van der Waals surface area contributed by atoms with Crippen molar-refractivity contribution in [1.29, 1.82) is 0 Å². The summed E-state index contributed by atoms with van der Waals surface area (Å²) in [6.07, 6.45) is 0. The summed E-state index contributed by atoms with van der Waals surface area (Å²) in [6.45, 7) is 1.88. The number of hydrogen-bond acceptors (Lipinski definition) is 2. The van der Waals surface area contributed by atoms with E-state index in [0.717, 1.165) is 22.5 Å². The molecule has 0 radical (unpaired) electrons. The second kappa shape index (κ2) is 4.23. The number of nitrogens with one attached hydrogen (secondary N) is 2. The molecule has 0 saturated heterocycles. The maximum absolute atomic E-state index is 11.3. The lowest BCUT2D eigenvalue weighted by Crippen LogP contribution is -2.05. The Hall–Kier alpha value is -2.03. The van der Waals surface area contributed by atoms with Gasteiger partial charge in [-0.2, -0.15) is 0 Å². The second-order valence-corrected chi connectivity index (χ2v) is 3.74. The molecule has 1 aromatic carbocycles. The molecule has 2 rings (SSSR count). The number of anilines is 1. The van der Waals surface area contributed by atoms with Crippen LogP contribution in [0.1, 0.15) is 5.69 Å². The Morgan fingerprint density at radius 1 is 1.06 bits per heavy atom. The zero-order valence-electron chi connectivity index (χ0n) is 9.37. The van der Waals surface area contributed by atoms with Crippen LogP contribution >= 0.6 is 0 Å². The summed E-state index contributed by atoms with van der Waals surface area (Å²) in [5, 5.41) is 3.06. The van der Waals surface area contributed by atoms with E-state index >= 15 is 0 Å². The Morgan fingerprint density at radius 3 is 2.31 bits per heavy atom. The highest BCUT2D eigenvalue weighted by Gasteiger charge is 1.99. The largest absolute Gasteiger partial charge is 0.388 e. The quantitative estimate of drug-likeness (QED) is 0.806. The molecular formula is C13H14N2O. The van der Waals surface area contributed by atoms with Gasteiger partial charge in [0.2, 0.25) is 5.56 Å². The van der Waals surface area contributed by atoms with Gasteiger partial charge in [-0.15, -0.1) is 0 Å². The highest BCUT2D eigenvalue weighted by Crippen LogP contribution is 2.20. The number of aromatic nitrogens is 1. The Morgan fingerprint density at radius 2 is 1.75 bits per heavy atom. The van der Waals surface area contributed by atoms with E-state index in [1.165, 1.54) is 0 Å². The first kappa shape index (κ1) is 10.5. The molecule has 3 heteroatoms. The SMILES string of the molecule is CNc1ccc(-c2cc(C)[nH]c(=O)c2)cc1. The van der Waals surface area contributed by atoms with Gasteiger partial charge in [-0.25, -0.2) is 0 Å². The highest BCUT2D eigenvalue weighted by molar-refractivity contribution is 5.65. The third-order valence-electron chi connectivity index (χ3n) is 2.49. The molecule has 0 unspecified atom stereocenters. The van der Waals surface area contributed by atoms with Crippen molar-refractivity contribution >= 4 is 5.69 Å². The number of benzene rings is 1. The van der Waals surface area contributed by atoms with Crippen molar-refractivity contribution in [2.45, 2.75) is 6.92 Å². The van der Waals surface area contributed by atoms with Crippen LogP contribution < -0.4 is 10.9 Å². The smallest absolute Gasteiger partial charge is 0.248 e. The van der Waals surface area contributed by atoms with Crippen LogP contribution in [0.4, 0.5) is 5.69 Å². The van der Waals surface area contributed by atoms with Gasteiger partial charge in [0, 0.05) is 24.5 Å². The molecular weight excluding hydrogens is 200 g/mol. The molecule has 0 saturated carbocycles. The molecule has 0 amide bonds. The Balaban J connectivity index is 2.46. The molecule has 0 bridgehead atoms. The topological polar surface area (TPSA) is 44.9 Å². The maximum atomic E-state index is 11.3. The van der Waals surface area contributed by atoms with Crippen molar-refractivity contribution in [3.63, 3.8) is 0 Å². The number of rotatable bonds is 2. The van der Waals surface area contributed by atoms with Gasteiger partial charge in [0.1, 0.15) is 0 Å². The number of pyridine rings is 1. The lowest BCUT2D eigenvalue weighted by atomic mass is 10.1. The van der Waals surface area contributed by atoms with E-state index in [1.54, 1.807) is 6.07 Å². The van der Waals surface area contributed by atoms with Gasteiger partial charge in [0.05, 0.1) is 0 Å². The highest BCUT2D eigenvalue weighted by atomic mass is 16.1. The van der Waals surface area contributed by atoms with Crippen molar-refractivity contribution in [2.24, 2.45) is 0 Å². The third-order valence-corrected chi connectivity index (χ3v) is 2.49. The molecule has 1 heterocycles. The van der Waals surface area contributed by atoms with Gasteiger partial charge in [-0.3, -0.25) is 4.79 Å². The predicted octanol–water partition coefficient (Wildman–Crippen LogP) is 2.39. The van der Waals surface area contributed by atoms with Gasteiger partial charge in [-0.05, 0) is 36.2 Å². The van der Waals surface area contributed by atoms with Gasteiger partial charge in [0.25, 0.3) is 0 Å². The van der Waals surface area contributed by atoms with E-state index in [1.807, 2.05) is 44.3 Å². The zero-order valence-corrected chi connectivity index (χ0v) is 9.37. The summed E-state index contributed by atoms with van der Waals surface area (Å²) in [5.74, 6) is 0. The summed E-state index contributed by atoms with van der Waals surface area (Å²) in [4.78, 5) is 14.1. The fraction of sp³-hybridized carbons (Fsp3) is 0.154. The summed E-state index contributed by atoms with van der Waals surface area (Å²) >= 11 is 0. The van der Waals surface area contributed by atoms with Crippen molar-refractivity contribution < 1.29 is 0 Å². The molecule has 2 aromatic rings. The first-order valence-corrected chi connectivity index (χ1v) is 5.18. The van der Waals surface area contributed by atoms with Crippen LogP contribution in [-0.4, -0.2) is 12.0 Å². The lowest BCUT2D eigenvalue weighted by Gasteiger charge is -2.04. The van der Waals surface area contributed by atoms with E-state index in [-0.39, 0.29) is 5.56 Å². The monoisotopic (exact) mass is 214 g/mol. The first-order chi connectivity index (χ1) is 7.69. The number of H-pyrrole nitrogens is 1. The van der Waals surface area contributed by atoms with Crippen LogP contribution in [0.15, 0.2) is 41.2 Å². The average molecular weight is 214 g/mol. The van der Waals surface area contributed by atoms with E-state index in [4.69, 9.17) is 0 Å². The molecule has 1 aromatic heterocycles. The summed E-state index contributed by atoms with van der Waals surface area (Å²) in [7, 11) is 1.88. The van der Waals surface area contributed by atoms with E-state index in [9.17, 15) is 4.79 Å². The molecule has 0 fully saturated rings. The minimum absolute atomic E-state index is 0.0623. The van der Waals surface area contributed by atoms with Gasteiger partial charge in [-0.1, -0.05) is 12.1 Å². The van der Waals surface area contributed by atoms with Crippen LogP contribution in [0.25, 0.3) is 11.1 Å². The van der Waals surface area contributed by atoms with Crippen molar-refractivity contribution in [1.82, 2.24) is 4.98 Å². The standard InChI is InChI=1S/C13H14N2O/c1-9-7-11(8-13(16)15-9)10-3-5-12(14-2)6-4-10/h3-8,14H,1-2H3,(H,15,16). The van der Waals surface area contributed by atoms with Gasteiger partial charge in [0.15, 0.2) is 0 Å². The van der Waals surface area contributed by atoms with E-state index in [0.29, 0.717) is 0 Å². The summed E-state index contributed by atoms with van der Waals surface area (Å²) < 4.78 is 0. The van der Waals surface area contributed by atoms with Crippen LogP contribution in [0.2, 0.25) is 0 Å². The third kappa shape index (κ3) is 2.14. The van der Waals surface area contributed by atoms with Gasteiger partial charge >= 0.3 is 0 Å². The van der Waals surface area contributed by atoms with Crippen molar-refractivity contribution in [3.8, 4) is 11.1 Å². The molecule has 0 atom stereocenters. The van der Waals surface area contributed by atoms with E-state index < -0.39 is 0 Å². The molecule has 16 heavy (non-hydrogen) atoms. The minimum Gasteiger partial charge on any atom is -0.388 e. The van der Waals surface area contributed by atoms with Crippen LogP contribution in [0, 0.1) is 6.92 Å². The number of hydrogen-bond donors (Lipinski definition) is 2. The first-order valence-electron chi connectivity index (χ1n) is 5.18. The Kier molecular flexibility index (Phi) is 2.77. The Bertz CT molecular complexity index is 541. The van der Waals surface area contributed by atoms with Crippen molar-refractivity contribution in [2.75, 3.05) is 12.4 Å². The predicted molar refractivity (Wildman–Crippen MR) is 66.8 cm³/mol. The molecule has 2 N–H and O–H groups in total.